The van der Waals surface area contributed by atoms with Crippen molar-refractivity contribution >= 4 is 17.3 Å². The van der Waals surface area contributed by atoms with Gasteiger partial charge in [-0.3, -0.25) is 9.05 Å². The van der Waals surface area contributed by atoms with Crippen LogP contribution in [0.25, 0.3) is 0 Å². The molecule has 0 aromatic rings. The summed E-state index contributed by atoms with van der Waals surface area (Å²) in [4.78, 5) is 8.63. The summed E-state index contributed by atoms with van der Waals surface area (Å²) >= 11 is 0. The first-order valence-corrected chi connectivity index (χ1v) is 10.3. The van der Waals surface area contributed by atoms with Crippen LogP contribution in [0.1, 0.15) is 48.5 Å². The van der Waals surface area contributed by atoms with Crippen LogP contribution >= 0.6 is 7.82 Å². The summed E-state index contributed by atoms with van der Waals surface area (Å²) in [6.45, 7) is 15.5. The molecule has 0 saturated heterocycles. The van der Waals surface area contributed by atoms with Crippen molar-refractivity contribution in [3.63, 3.8) is 0 Å². The Morgan fingerprint density at radius 1 is 0.762 bits per heavy atom. The van der Waals surface area contributed by atoms with Crippen LogP contribution < -0.4 is 0 Å². The minimum atomic E-state index is -3.69. The first-order chi connectivity index (χ1) is 9.97. The van der Waals surface area contributed by atoms with E-state index in [1.54, 1.807) is 13.8 Å². The highest BCUT2D eigenvalue weighted by atomic mass is 31.2. The molecule has 0 atom stereocenters. The second-order valence-corrected chi connectivity index (χ2v) is 5.99. The Morgan fingerprint density at radius 2 is 1.05 bits per heavy atom. The monoisotopic (exact) mass is 348 g/mol. The lowest BCUT2D eigenvalue weighted by atomic mass is 10.9. The third kappa shape index (κ3) is 22.6. The van der Waals surface area contributed by atoms with Crippen molar-refractivity contribution in [3.8, 4) is 0 Å². The molecular weight excluding hydrogens is 315 g/mol. The zero-order chi connectivity index (χ0) is 17.1. The number of rotatable bonds is 10. The third-order valence-electron chi connectivity index (χ3n) is 1.49. The summed E-state index contributed by atoms with van der Waals surface area (Å²) in [5.41, 5.74) is 0. The van der Waals surface area contributed by atoms with Crippen LogP contribution in [0.5, 0.6) is 0 Å². The molecule has 0 rings (SSSR count). The highest BCUT2D eigenvalue weighted by Crippen LogP contribution is 2.42. The highest BCUT2D eigenvalue weighted by molar-refractivity contribution is 7.47. The Bertz CT molecular complexity index is 207. The SMILES string of the molecule is CC.CCOP(=O)(O)OCC.CCO[SiH](OCC)OCC. The Labute approximate surface area is 131 Å². The minimum Gasteiger partial charge on any atom is -0.376 e. The van der Waals surface area contributed by atoms with Gasteiger partial charge in [0.2, 0.25) is 0 Å². The van der Waals surface area contributed by atoms with Crippen LogP contribution in [0.4, 0.5) is 0 Å². The largest absolute Gasteiger partial charge is 0.484 e. The number of phosphoric ester groups is 1. The fourth-order valence-corrected chi connectivity index (χ4v) is 2.75. The molecule has 0 heterocycles. The summed E-state index contributed by atoms with van der Waals surface area (Å²) < 4.78 is 34.9. The molecule has 0 aliphatic carbocycles. The van der Waals surface area contributed by atoms with Gasteiger partial charge >= 0.3 is 17.3 Å². The van der Waals surface area contributed by atoms with E-state index in [0.717, 1.165) is 0 Å². The summed E-state index contributed by atoms with van der Waals surface area (Å²) in [7, 11) is -5.43. The molecule has 0 aliphatic heterocycles. The Kier molecular flexibility index (Phi) is 25.1. The Hall–Kier alpha value is 0.207. The summed E-state index contributed by atoms with van der Waals surface area (Å²) in [5, 5.41) is 0. The molecule has 0 fully saturated rings. The quantitative estimate of drug-likeness (QED) is 0.480. The van der Waals surface area contributed by atoms with Gasteiger partial charge in [-0.05, 0) is 34.6 Å². The standard InChI is InChI=1S/C6H16O3Si.C4H11O4P.C2H6/c1-4-7-10(8-5-2)9-6-3;1-3-7-9(5,6)8-4-2;1-2/h10H,4-6H2,1-3H3;3-4H2,1-2H3,(H,5,6);1-2H3. The molecule has 0 aliphatic rings. The van der Waals surface area contributed by atoms with Crippen LogP contribution in [0.15, 0.2) is 0 Å². The second-order valence-electron chi connectivity index (χ2n) is 2.96. The molecule has 0 spiro atoms. The van der Waals surface area contributed by atoms with Crippen LogP contribution in [-0.4, -0.2) is 47.5 Å². The first-order valence-electron chi connectivity index (χ1n) is 7.43. The van der Waals surface area contributed by atoms with Gasteiger partial charge in [-0.15, -0.1) is 0 Å². The van der Waals surface area contributed by atoms with Crippen molar-refractivity contribution in [1.82, 2.24) is 0 Å². The molecule has 0 unspecified atom stereocenters. The number of hydrogen-bond donors (Lipinski definition) is 1. The van der Waals surface area contributed by atoms with Crippen LogP contribution in [0.2, 0.25) is 0 Å². The van der Waals surface area contributed by atoms with Crippen molar-refractivity contribution in [2.75, 3.05) is 33.0 Å². The Morgan fingerprint density at radius 3 is 1.24 bits per heavy atom. The van der Waals surface area contributed by atoms with Crippen molar-refractivity contribution in [1.29, 1.82) is 0 Å². The zero-order valence-electron chi connectivity index (χ0n) is 14.5. The smallest absolute Gasteiger partial charge is 0.376 e. The van der Waals surface area contributed by atoms with Gasteiger partial charge in [0.15, 0.2) is 0 Å². The normalized spacial score (nSPS) is 10.5. The molecule has 0 radical (unpaired) electrons. The van der Waals surface area contributed by atoms with E-state index in [-0.39, 0.29) is 13.2 Å². The molecule has 0 bridgehead atoms. The molecule has 0 aromatic carbocycles. The van der Waals surface area contributed by atoms with E-state index in [2.05, 4.69) is 9.05 Å². The average molecular weight is 348 g/mol. The maximum Gasteiger partial charge on any atom is 0.484 e. The fourth-order valence-electron chi connectivity index (χ4n) is 0.916. The average Bonchev–Trinajstić information content (AvgIpc) is 2.42. The highest BCUT2D eigenvalue weighted by Gasteiger charge is 2.17. The summed E-state index contributed by atoms with van der Waals surface area (Å²) in [6, 6.07) is 0. The van der Waals surface area contributed by atoms with Crippen molar-refractivity contribution in [3.05, 3.63) is 0 Å². The molecule has 0 saturated carbocycles. The summed E-state index contributed by atoms with van der Waals surface area (Å²) in [6.07, 6.45) is 0. The third-order valence-corrected chi connectivity index (χ3v) is 4.48. The van der Waals surface area contributed by atoms with E-state index in [1.807, 2.05) is 34.6 Å². The van der Waals surface area contributed by atoms with E-state index in [1.165, 1.54) is 0 Å². The predicted molar refractivity (Wildman–Crippen MR) is 86.5 cm³/mol. The van der Waals surface area contributed by atoms with Crippen molar-refractivity contribution < 1.29 is 31.8 Å². The molecule has 7 nitrogen and oxygen atoms in total. The first kappa shape index (κ1) is 26.1. The van der Waals surface area contributed by atoms with Gasteiger partial charge in [-0.1, -0.05) is 13.8 Å². The predicted octanol–water partition coefficient (Wildman–Crippen LogP) is 3.00. The van der Waals surface area contributed by atoms with E-state index >= 15 is 0 Å². The molecule has 21 heavy (non-hydrogen) atoms. The van der Waals surface area contributed by atoms with Gasteiger partial charge in [-0.25, -0.2) is 4.57 Å². The topological polar surface area (TPSA) is 83.5 Å². The van der Waals surface area contributed by atoms with Crippen molar-refractivity contribution in [2.24, 2.45) is 0 Å². The van der Waals surface area contributed by atoms with E-state index < -0.39 is 17.3 Å². The minimum absolute atomic E-state index is 0.188. The van der Waals surface area contributed by atoms with Gasteiger partial charge in [0.1, 0.15) is 0 Å². The Balaban J connectivity index is -0.000000277. The van der Waals surface area contributed by atoms with E-state index in [4.69, 9.17) is 18.2 Å². The van der Waals surface area contributed by atoms with Crippen LogP contribution in [-0.2, 0) is 26.9 Å². The maximum absolute atomic E-state index is 10.5. The molecule has 1 N–H and O–H groups in total. The van der Waals surface area contributed by atoms with Gasteiger partial charge in [-0.2, -0.15) is 0 Å². The molecule has 0 amide bonds. The maximum atomic E-state index is 10.5. The van der Waals surface area contributed by atoms with Crippen molar-refractivity contribution in [2.45, 2.75) is 48.5 Å². The van der Waals surface area contributed by atoms with Crippen LogP contribution in [0, 0.1) is 0 Å². The summed E-state index contributed by atoms with van der Waals surface area (Å²) in [5.74, 6) is 0. The number of phosphoric acid groups is 1. The van der Waals surface area contributed by atoms with Gasteiger partial charge in [0, 0.05) is 19.8 Å². The second kappa shape index (κ2) is 20.2. The lowest BCUT2D eigenvalue weighted by Gasteiger charge is -2.12. The van der Waals surface area contributed by atoms with Gasteiger partial charge < -0.3 is 18.2 Å². The fraction of sp³-hybridized carbons (Fsp3) is 1.00. The molecule has 9 heteroatoms. The molecule has 0 aromatic heterocycles. The number of hydrogen-bond acceptors (Lipinski definition) is 6. The lowest BCUT2D eigenvalue weighted by molar-refractivity contribution is 0.107. The lowest BCUT2D eigenvalue weighted by Crippen LogP contribution is -2.27. The van der Waals surface area contributed by atoms with Gasteiger partial charge in [0.25, 0.3) is 0 Å². The van der Waals surface area contributed by atoms with E-state index in [0.29, 0.717) is 19.8 Å². The van der Waals surface area contributed by atoms with Gasteiger partial charge in [0.05, 0.1) is 13.2 Å². The molecule has 132 valence electrons. The zero-order valence-corrected chi connectivity index (χ0v) is 16.5. The molecular formula is C12H33O7PSi. The van der Waals surface area contributed by atoms with E-state index in [9.17, 15) is 4.57 Å². The van der Waals surface area contributed by atoms with Crippen LogP contribution in [0.3, 0.4) is 0 Å².